The van der Waals surface area contributed by atoms with E-state index in [0.717, 1.165) is 16.5 Å². The summed E-state index contributed by atoms with van der Waals surface area (Å²) in [6.45, 7) is 6.20. The molecule has 28 heavy (non-hydrogen) atoms. The average molecular weight is 377 g/mol. The van der Waals surface area contributed by atoms with Crippen LogP contribution in [-0.4, -0.2) is 29.8 Å². The topological polar surface area (TPSA) is 102 Å². The molecule has 7 heteroatoms. The van der Waals surface area contributed by atoms with Gasteiger partial charge in [0.1, 0.15) is 22.9 Å². The smallest absolute Gasteiger partial charge is 0.174 e. The van der Waals surface area contributed by atoms with Crippen LogP contribution in [0.1, 0.15) is 32.4 Å². The number of fused-ring (bicyclic) bond motifs is 1. The number of nitrogens with two attached hydrogens (primary N) is 1. The largest absolute Gasteiger partial charge is 0.508 e. The predicted octanol–water partition coefficient (Wildman–Crippen LogP) is 4.03. The predicted molar refractivity (Wildman–Crippen MR) is 110 cm³/mol. The minimum Gasteiger partial charge on any atom is -0.508 e. The summed E-state index contributed by atoms with van der Waals surface area (Å²) in [5, 5.41) is 29.7. The van der Waals surface area contributed by atoms with Gasteiger partial charge in [0.15, 0.2) is 5.82 Å². The maximum Gasteiger partial charge on any atom is 0.174 e. The fraction of sp³-hybridized carbons (Fsp3) is 0.238. The highest BCUT2D eigenvalue weighted by Gasteiger charge is 2.21. The monoisotopic (exact) mass is 377 g/mol. The number of hydrogen-bond donors (Lipinski definition) is 3. The van der Waals surface area contributed by atoms with E-state index in [0.29, 0.717) is 29.4 Å². The van der Waals surface area contributed by atoms with E-state index in [4.69, 9.17) is 5.73 Å². The molecule has 0 saturated carbocycles. The second-order valence-electron chi connectivity index (χ2n) is 7.11. The lowest BCUT2D eigenvalue weighted by atomic mass is 10.1. The van der Waals surface area contributed by atoms with Crippen LogP contribution in [0.3, 0.4) is 0 Å². The second-order valence-corrected chi connectivity index (χ2v) is 7.11. The maximum absolute atomic E-state index is 10.4. The highest BCUT2D eigenvalue weighted by atomic mass is 16.3. The minimum atomic E-state index is -0.0900. The average Bonchev–Trinajstić information content (AvgIpc) is 3.25. The number of nitrogen functional groups attached to an aromatic ring is 1. The molecule has 0 atom stereocenters. The standard InChI is InChI=1S/C21H23N5O2/c1-4-13-10-17(19(28)11-18(13)27)26-20(21(22)23-24-26)15-6-5-7-16-14(15)8-9-25(16)12(2)3/h5-12,27-28H,4,22H2,1-3H3. The third kappa shape index (κ3) is 2.67. The summed E-state index contributed by atoms with van der Waals surface area (Å²) in [7, 11) is 0. The van der Waals surface area contributed by atoms with Crippen LogP contribution < -0.4 is 5.73 Å². The van der Waals surface area contributed by atoms with Gasteiger partial charge in [0.25, 0.3) is 0 Å². The summed E-state index contributed by atoms with van der Waals surface area (Å²) in [6.07, 6.45) is 2.67. The van der Waals surface area contributed by atoms with Gasteiger partial charge in [0.2, 0.25) is 0 Å². The molecule has 4 aromatic rings. The molecule has 2 heterocycles. The fourth-order valence-corrected chi connectivity index (χ4v) is 3.62. The summed E-state index contributed by atoms with van der Waals surface area (Å²) >= 11 is 0. The molecule has 0 saturated heterocycles. The quantitative estimate of drug-likeness (QED) is 0.498. The van der Waals surface area contributed by atoms with Gasteiger partial charge in [-0.25, -0.2) is 4.68 Å². The summed E-state index contributed by atoms with van der Waals surface area (Å²) < 4.78 is 3.72. The van der Waals surface area contributed by atoms with E-state index in [2.05, 4.69) is 47.1 Å². The zero-order valence-corrected chi connectivity index (χ0v) is 16.1. The van der Waals surface area contributed by atoms with Gasteiger partial charge in [-0.15, -0.1) is 5.10 Å². The van der Waals surface area contributed by atoms with Crippen LogP contribution in [0.15, 0.2) is 42.6 Å². The molecular formula is C21H23N5O2. The van der Waals surface area contributed by atoms with Gasteiger partial charge in [0.05, 0.1) is 0 Å². The zero-order chi connectivity index (χ0) is 20.0. The minimum absolute atomic E-state index is 0.0505. The van der Waals surface area contributed by atoms with Crippen molar-refractivity contribution in [1.29, 1.82) is 0 Å². The van der Waals surface area contributed by atoms with Crippen molar-refractivity contribution in [3.05, 3.63) is 48.2 Å². The fourth-order valence-electron chi connectivity index (χ4n) is 3.62. The first-order valence-electron chi connectivity index (χ1n) is 9.28. The van der Waals surface area contributed by atoms with Crippen molar-refractivity contribution in [2.24, 2.45) is 0 Å². The van der Waals surface area contributed by atoms with Crippen LogP contribution >= 0.6 is 0 Å². The molecule has 4 N–H and O–H groups in total. The van der Waals surface area contributed by atoms with Crippen molar-refractivity contribution in [2.75, 3.05) is 5.73 Å². The van der Waals surface area contributed by atoms with Crippen molar-refractivity contribution in [3.63, 3.8) is 0 Å². The van der Waals surface area contributed by atoms with Crippen LogP contribution in [0.5, 0.6) is 11.5 Å². The summed E-state index contributed by atoms with van der Waals surface area (Å²) in [5.41, 5.74) is 9.89. The lowest BCUT2D eigenvalue weighted by Crippen LogP contribution is -2.02. The van der Waals surface area contributed by atoms with E-state index < -0.39 is 0 Å². The number of nitrogens with zero attached hydrogens (tertiary/aromatic N) is 4. The Hall–Kier alpha value is -3.48. The number of rotatable bonds is 4. The van der Waals surface area contributed by atoms with E-state index in [1.165, 1.54) is 10.7 Å². The van der Waals surface area contributed by atoms with E-state index >= 15 is 0 Å². The molecule has 0 unspecified atom stereocenters. The first-order valence-corrected chi connectivity index (χ1v) is 9.28. The molecule has 2 aromatic carbocycles. The number of aryl methyl sites for hydroxylation is 1. The molecule has 0 radical (unpaired) electrons. The third-order valence-corrected chi connectivity index (χ3v) is 5.06. The Morgan fingerprint density at radius 2 is 1.89 bits per heavy atom. The Kier molecular flexibility index (Phi) is 4.22. The first-order chi connectivity index (χ1) is 13.4. The van der Waals surface area contributed by atoms with Gasteiger partial charge < -0.3 is 20.5 Å². The van der Waals surface area contributed by atoms with Crippen molar-refractivity contribution >= 4 is 16.7 Å². The highest BCUT2D eigenvalue weighted by molar-refractivity contribution is 5.97. The van der Waals surface area contributed by atoms with Gasteiger partial charge in [-0.1, -0.05) is 24.3 Å². The molecular weight excluding hydrogens is 354 g/mol. The van der Waals surface area contributed by atoms with Crippen LogP contribution in [0.2, 0.25) is 0 Å². The van der Waals surface area contributed by atoms with Crippen molar-refractivity contribution in [2.45, 2.75) is 33.2 Å². The molecule has 0 spiro atoms. The zero-order valence-electron chi connectivity index (χ0n) is 16.1. The molecule has 4 rings (SSSR count). The van der Waals surface area contributed by atoms with E-state index in [-0.39, 0.29) is 17.3 Å². The Morgan fingerprint density at radius 1 is 1.11 bits per heavy atom. The maximum atomic E-state index is 10.4. The van der Waals surface area contributed by atoms with Gasteiger partial charge >= 0.3 is 0 Å². The number of aromatic nitrogens is 4. The SMILES string of the molecule is CCc1cc(-n2nnc(N)c2-c2cccc3c2ccn3C(C)C)c(O)cc1O. The molecule has 0 aliphatic carbocycles. The number of benzene rings is 2. The second kappa shape index (κ2) is 6.60. The summed E-state index contributed by atoms with van der Waals surface area (Å²) in [5.74, 6) is 0.234. The van der Waals surface area contributed by atoms with Crippen molar-refractivity contribution in [1.82, 2.24) is 19.6 Å². The summed E-state index contributed by atoms with van der Waals surface area (Å²) in [6, 6.07) is 11.4. The van der Waals surface area contributed by atoms with Gasteiger partial charge in [-0.2, -0.15) is 0 Å². The van der Waals surface area contributed by atoms with E-state index in [1.807, 2.05) is 19.1 Å². The molecule has 0 amide bonds. The number of hydrogen-bond acceptors (Lipinski definition) is 5. The Morgan fingerprint density at radius 3 is 2.61 bits per heavy atom. The molecule has 144 valence electrons. The summed E-state index contributed by atoms with van der Waals surface area (Å²) in [4.78, 5) is 0. The number of anilines is 1. The molecule has 7 nitrogen and oxygen atoms in total. The lowest BCUT2D eigenvalue weighted by molar-refractivity contribution is 0.443. The Balaban J connectivity index is 1.98. The molecule has 0 aliphatic heterocycles. The molecule has 0 fully saturated rings. The van der Waals surface area contributed by atoms with Crippen molar-refractivity contribution < 1.29 is 10.2 Å². The normalized spacial score (nSPS) is 11.6. The van der Waals surface area contributed by atoms with Gasteiger partial charge in [0, 0.05) is 34.8 Å². The number of phenolic OH excluding ortho intramolecular Hbond substituents is 2. The van der Waals surface area contributed by atoms with Gasteiger partial charge in [-0.05, 0) is 44.0 Å². The highest BCUT2D eigenvalue weighted by Crippen LogP contribution is 2.37. The van der Waals surface area contributed by atoms with Crippen molar-refractivity contribution in [3.8, 4) is 28.4 Å². The molecule has 0 bridgehead atoms. The van der Waals surface area contributed by atoms with E-state index in [1.54, 1.807) is 6.07 Å². The van der Waals surface area contributed by atoms with E-state index in [9.17, 15) is 10.2 Å². The van der Waals surface area contributed by atoms with Gasteiger partial charge in [-0.3, -0.25) is 0 Å². The van der Waals surface area contributed by atoms with Crippen LogP contribution in [0.25, 0.3) is 27.8 Å². The number of aromatic hydroxyl groups is 2. The Labute approximate surface area is 162 Å². The van der Waals surface area contributed by atoms with Crippen LogP contribution in [-0.2, 0) is 6.42 Å². The lowest BCUT2D eigenvalue weighted by Gasteiger charge is -2.13. The Bertz CT molecular complexity index is 1170. The van der Waals surface area contributed by atoms with Crippen LogP contribution in [0.4, 0.5) is 5.82 Å². The molecule has 2 aromatic heterocycles. The van der Waals surface area contributed by atoms with Crippen LogP contribution in [0, 0.1) is 0 Å². The molecule has 0 aliphatic rings. The number of phenols is 2. The first kappa shape index (κ1) is 17.9. The third-order valence-electron chi connectivity index (χ3n) is 5.06.